The molecule has 1 aromatic heterocycles. The fraction of sp³-hybridized carbons (Fsp3) is 0.115. The number of rotatable bonds is 6. The van der Waals surface area contributed by atoms with Gasteiger partial charge in [-0.15, -0.1) is 0 Å². The van der Waals surface area contributed by atoms with Crippen LogP contribution in [0, 0.1) is 0 Å². The molecule has 4 aromatic rings. The third-order valence-electron chi connectivity index (χ3n) is 5.04. The molecule has 0 aliphatic heterocycles. The summed E-state index contributed by atoms with van der Waals surface area (Å²) in [7, 11) is 1.23. The van der Waals surface area contributed by atoms with E-state index < -0.39 is 12.0 Å². The van der Waals surface area contributed by atoms with Gasteiger partial charge in [0, 0.05) is 29.8 Å². The number of nitrogens with zero attached hydrogens (tertiary/aromatic N) is 2. The van der Waals surface area contributed by atoms with Gasteiger partial charge < -0.3 is 14.6 Å². The largest absolute Gasteiger partial charge is 0.488 e. The van der Waals surface area contributed by atoms with E-state index in [1.807, 2.05) is 36.4 Å². The summed E-state index contributed by atoms with van der Waals surface area (Å²) in [5, 5.41) is 11.0. The van der Waals surface area contributed by atoms with Crippen LogP contribution in [0.15, 0.2) is 84.9 Å². The maximum absolute atomic E-state index is 13.7. The maximum atomic E-state index is 13.7. The monoisotopic (exact) mass is 464 g/mol. The van der Waals surface area contributed by atoms with Crippen molar-refractivity contribution in [3.63, 3.8) is 0 Å². The molecule has 2 amide bonds. The summed E-state index contributed by atoms with van der Waals surface area (Å²) in [4.78, 5) is 30.9. The van der Waals surface area contributed by atoms with Crippen molar-refractivity contribution in [2.24, 2.45) is 0 Å². The number of amides is 2. The van der Waals surface area contributed by atoms with Crippen LogP contribution in [0.4, 0.5) is 10.5 Å². The van der Waals surface area contributed by atoms with Gasteiger partial charge in [-0.3, -0.25) is 10.2 Å². The number of nitrogens with one attached hydrogen (secondary N) is 1. The fourth-order valence-electron chi connectivity index (χ4n) is 3.54. The summed E-state index contributed by atoms with van der Waals surface area (Å²) in [5.41, 5.74) is 5.00. The quantitative estimate of drug-likeness (QED) is 0.333. The number of benzene rings is 3. The second-order valence-corrected chi connectivity index (χ2v) is 7.20. The number of pyridine rings is 1. The number of carbonyl (C=O) groups excluding carboxylic acids is 2. The number of para-hydroxylation sites is 2. The second kappa shape index (κ2) is 12.0. The van der Waals surface area contributed by atoms with E-state index in [9.17, 15) is 14.7 Å². The topological polar surface area (TPSA) is 101 Å². The Hall–Kier alpha value is -3.83. The molecule has 0 bridgehead atoms. The SMILES string of the molecule is COC(=O)N(NC(=O)c1c(OCCO)c(-c2ccccc2)nc2ccccc12)c1ccccc1.[Li]. The van der Waals surface area contributed by atoms with Crippen molar-refractivity contribution in [2.45, 2.75) is 0 Å². The predicted molar refractivity (Wildman–Crippen MR) is 134 cm³/mol. The molecule has 0 aliphatic rings. The van der Waals surface area contributed by atoms with Crippen LogP contribution in [0.3, 0.4) is 0 Å². The van der Waals surface area contributed by atoms with Crippen LogP contribution in [-0.4, -0.2) is 61.3 Å². The molecule has 1 heterocycles. The molecule has 0 saturated heterocycles. The third-order valence-corrected chi connectivity index (χ3v) is 5.04. The van der Waals surface area contributed by atoms with Crippen molar-refractivity contribution in [3.8, 4) is 17.0 Å². The van der Waals surface area contributed by atoms with Gasteiger partial charge in [0.15, 0.2) is 5.75 Å². The van der Waals surface area contributed by atoms with Crippen molar-refractivity contribution in [2.75, 3.05) is 25.3 Å². The summed E-state index contributed by atoms with van der Waals surface area (Å²) in [5.74, 6) is -0.396. The van der Waals surface area contributed by atoms with Crippen LogP contribution in [0.2, 0.25) is 0 Å². The Labute approximate surface area is 214 Å². The summed E-state index contributed by atoms with van der Waals surface area (Å²) < 4.78 is 10.7. The molecule has 0 aliphatic carbocycles. The number of carbonyl (C=O) groups is 2. The first kappa shape index (κ1) is 25.8. The van der Waals surface area contributed by atoms with Gasteiger partial charge in [-0.05, 0) is 18.2 Å². The van der Waals surface area contributed by atoms with Crippen molar-refractivity contribution in [1.82, 2.24) is 10.4 Å². The molecule has 8 nitrogen and oxygen atoms in total. The van der Waals surface area contributed by atoms with Gasteiger partial charge in [-0.2, -0.15) is 5.01 Å². The first-order valence-corrected chi connectivity index (χ1v) is 10.6. The number of hydrogen-bond donors (Lipinski definition) is 2. The fourth-order valence-corrected chi connectivity index (χ4v) is 3.54. The van der Waals surface area contributed by atoms with Crippen LogP contribution in [0.25, 0.3) is 22.2 Å². The number of fused-ring (bicyclic) bond motifs is 1. The number of ether oxygens (including phenoxy) is 2. The Bertz CT molecular complexity index is 1300. The van der Waals surface area contributed by atoms with Crippen LogP contribution in [0.1, 0.15) is 10.4 Å². The molecule has 2 N–H and O–H groups in total. The molecule has 173 valence electrons. The minimum Gasteiger partial charge on any atom is -0.488 e. The smallest absolute Gasteiger partial charge is 0.433 e. The van der Waals surface area contributed by atoms with E-state index in [1.165, 1.54) is 7.11 Å². The molecular formula is C26H23LiN3O5. The maximum Gasteiger partial charge on any atom is 0.433 e. The van der Waals surface area contributed by atoms with Crippen molar-refractivity contribution >= 4 is 47.5 Å². The van der Waals surface area contributed by atoms with E-state index in [0.29, 0.717) is 22.3 Å². The Morgan fingerprint density at radius 3 is 2.23 bits per heavy atom. The van der Waals surface area contributed by atoms with Crippen LogP contribution >= 0.6 is 0 Å². The number of hydrazine groups is 1. The third kappa shape index (κ3) is 5.64. The average molecular weight is 464 g/mol. The predicted octanol–water partition coefficient (Wildman–Crippen LogP) is 3.81. The molecule has 0 saturated carbocycles. The average Bonchev–Trinajstić information content (AvgIpc) is 2.90. The van der Waals surface area contributed by atoms with E-state index in [0.717, 1.165) is 10.6 Å². The number of methoxy groups -OCH3 is 1. The summed E-state index contributed by atoms with van der Waals surface area (Å²) in [6.07, 6.45) is -0.765. The molecule has 35 heavy (non-hydrogen) atoms. The van der Waals surface area contributed by atoms with Gasteiger partial charge in [-0.25, -0.2) is 9.78 Å². The zero-order chi connectivity index (χ0) is 23.9. The number of anilines is 1. The van der Waals surface area contributed by atoms with Gasteiger partial charge in [0.25, 0.3) is 5.91 Å². The van der Waals surface area contributed by atoms with E-state index >= 15 is 0 Å². The van der Waals surface area contributed by atoms with Crippen LogP contribution in [-0.2, 0) is 4.74 Å². The molecule has 3 aromatic carbocycles. The standard InChI is InChI=1S/C26H23N3O5.Li/c1-33-26(32)29(19-12-6-3-7-13-19)28-25(31)22-20-14-8-9-15-21(20)27-23(24(22)34-17-16-30)18-10-4-2-5-11-18;/h2-15,30H,16-17H2,1H3,(H,28,31);. The molecule has 1 radical (unpaired) electrons. The summed E-state index contributed by atoms with van der Waals surface area (Å²) in [6, 6.07) is 25.1. The summed E-state index contributed by atoms with van der Waals surface area (Å²) >= 11 is 0. The number of aliphatic hydroxyl groups excluding tert-OH is 1. The molecule has 0 spiro atoms. The zero-order valence-corrected chi connectivity index (χ0v) is 19.5. The van der Waals surface area contributed by atoms with E-state index in [1.54, 1.807) is 48.5 Å². The number of aliphatic hydroxyl groups is 1. The Morgan fingerprint density at radius 2 is 1.57 bits per heavy atom. The Kier molecular flexibility index (Phi) is 8.87. The van der Waals surface area contributed by atoms with Crippen LogP contribution in [0.5, 0.6) is 5.75 Å². The number of aromatic nitrogens is 1. The molecule has 4 rings (SSSR count). The minimum atomic E-state index is -0.765. The van der Waals surface area contributed by atoms with Crippen molar-refractivity contribution < 1.29 is 24.2 Å². The van der Waals surface area contributed by atoms with Crippen molar-refractivity contribution in [1.29, 1.82) is 0 Å². The normalized spacial score (nSPS) is 10.2. The molecule has 0 fully saturated rings. The molecule has 0 atom stereocenters. The molecule has 0 unspecified atom stereocenters. The first-order valence-electron chi connectivity index (χ1n) is 10.6. The zero-order valence-electron chi connectivity index (χ0n) is 19.5. The van der Waals surface area contributed by atoms with Crippen LogP contribution < -0.4 is 15.2 Å². The first-order chi connectivity index (χ1) is 16.6. The van der Waals surface area contributed by atoms with Gasteiger partial charge in [0.05, 0.1) is 30.5 Å². The van der Waals surface area contributed by atoms with Gasteiger partial charge in [0.1, 0.15) is 12.3 Å². The van der Waals surface area contributed by atoms with Gasteiger partial charge >= 0.3 is 6.09 Å². The minimum absolute atomic E-state index is 0. The van der Waals surface area contributed by atoms with Gasteiger partial charge in [-0.1, -0.05) is 66.7 Å². The van der Waals surface area contributed by atoms with E-state index in [-0.39, 0.29) is 43.4 Å². The molecule has 9 heteroatoms. The van der Waals surface area contributed by atoms with Crippen molar-refractivity contribution in [3.05, 3.63) is 90.5 Å². The van der Waals surface area contributed by atoms with Gasteiger partial charge in [0.2, 0.25) is 0 Å². The van der Waals surface area contributed by atoms with E-state index in [2.05, 4.69) is 5.43 Å². The Morgan fingerprint density at radius 1 is 0.943 bits per heavy atom. The van der Waals surface area contributed by atoms with E-state index in [4.69, 9.17) is 14.5 Å². The Balaban J connectivity index is 0.00000342. The molecular weight excluding hydrogens is 441 g/mol. The number of hydrogen-bond acceptors (Lipinski definition) is 6. The summed E-state index contributed by atoms with van der Waals surface area (Å²) in [6.45, 7) is -0.292. The second-order valence-electron chi connectivity index (χ2n) is 7.20.